The van der Waals surface area contributed by atoms with E-state index in [-0.39, 0.29) is 21.7 Å². The van der Waals surface area contributed by atoms with E-state index in [1.807, 2.05) is 6.92 Å². The summed E-state index contributed by atoms with van der Waals surface area (Å²) in [5.74, 6) is -0.431. The first-order valence-corrected chi connectivity index (χ1v) is 6.12. The van der Waals surface area contributed by atoms with Crippen LogP contribution in [-0.2, 0) is 0 Å². The molecule has 0 spiro atoms. The quantitative estimate of drug-likeness (QED) is 0.515. The molecule has 1 aromatic carbocycles. The normalized spacial score (nSPS) is 11.9. The summed E-state index contributed by atoms with van der Waals surface area (Å²) in [7, 11) is 0. The number of nitro groups is 1. The van der Waals surface area contributed by atoms with E-state index in [0.29, 0.717) is 6.54 Å². The number of nitro benzene ring substituents is 1. The van der Waals surface area contributed by atoms with E-state index in [1.54, 1.807) is 0 Å². The van der Waals surface area contributed by atoms with Gasteiger partial charge in [0.15, 0.2) is 0 Å². The summed E-state index contributed by atoms with van der Waals surface area (Å²) in [6, 6.07) is 3.74. The number of amides is 1. The third-order valence-corrected chi connectivity index (χ3v) is 2.96. The van der Waals surface area contributed by atoms with Gasteiger partial charge in [-0.3, -0.25) is 14.9 Å². The van der Waals surface area contributed by atoms with Crippen LogP contribution < -0.4 is 5.32 Å². The number of hydrogen-bond donors (Lipinski definition) is 1. The fourth-order valence-electron chi connectivity index (χ4n) is 1.26. The first-order valence-electron chi connectivity index (χ1n) is 5.31. The molecule has 0 aliphatic carbocycles. The lowest BCUT2D eigenvalue weighted by atomic mass is 10.2. The molecule has 0 saturated carbocycles. The van der Waals surface area contributed by atoms with Crippen molar-refractivity contribution in [3.63, 3.8) is 0 Å². The van der Waals surface area contributed by atoms with Crippen molar-refractivity contribution in [2.75, 3.05) is 6.54 Å². The van der Waals surface area contributed by atoms with Crippen LogP contribution in [0.4, 0.5) is 5.69 Å². The highest BCUT2D eigenvalue weighted by molar-refractivity contribution is 6.31. The van der Waals surface area contributed by atoms with Crippen LogP contribution in [-0.4, -0.2) is 22.8 Å². The minimum atomic E-state index is -0.598. The predicted octanol–water partition coefficient (Wildman–Crippen LogP) is 3.00. The molecular formula is C11H12Cl2N2O3. The van der Waals surface area contributed by atoms with Crippen LogP contribution in [0.15, 0.2) is 18.2 Å². The second-order valence-electron chi connectivity index (χ2n) is 3.67. The van der Waals surface area contributed by atoms with Crippen LogP contribution in [0, 0.1) is 10.1 Å². The van der Waals surface area contributed by atoms with Crippen LogP contribution >= 0.6 is 23.2 Å². The van der Waals surface area contributed by atoms with Gasteiger partial charge in [0.1, 0.15) is 0 Å². The smallest absolute Gasteiger partial charge is 0.271 e. The van der Waals surface area contributed by atoms with Gasteiger partial charge in [0.2, 0.25) is 0 Å². The largest absolute Gasteiger partial charge is 0.351 e. The molecule has 0 bridgehead atoms. The van der Waals surface area contributed by atoms with E-state index in [0.717, 1.165) is 6.42 Å². The molecule has 1 amide bonds. The zero-order valence-electron chi connectivity index (χ0n) is 9.65. The van der Waals surface area contributed by atoms with Gasteiger partial charge in [-0.15, -0.1) is 11.6 Å². The minimum absolute atomic E-state index is 0.146. The highest BCUT2D eigenvalue weighted by Crippen LogP contribution is 2.20. The standard InChI is InChI=1S/C11H12Cl2N2O3/c1-2-8(12)6-14-11(16)7-3-9(13)5-10(4-7)15(17)18/h3-5,8H,2,6H2,1H3,(H,14,16). The van der Waals surface area contributed by atoms with Gasteiger partial charge >= 0.3 is 0 Å². The average Bonchev–Trinajstić information content (AvgIpc) is 2.34. The Hall–Kier alpha value is -1.33. The van der Waals surface area contributed by atoms with Crippen molar-refractivity contribution in [3.05, 3.63) is 38.9 Å². The maximum atomic E-state index is 11.7. The van der Waals surface area contributed by atoms with Crippen molar-refractivity contribution in [1.29, 1.82) is 0 Å². The Morgan fingerprint density at radius 2 is 2.17 bits per heavy atom. The van der Waals surface area contributed by atoms with Gasteiger partial charge in [-0.25, -0.2) is 0 Å². The van der Waals surface area contributed by atoms with Gasteiger partial charge in [-0.2, -0.15) is 0 Å². The van der Waals surface area contributed by atoms with E-state index in [9.17, 15) is 14.9 Å². The lowest BCUT2D eigenvalue weighted by molar-refractivity contribution is -0.384. The van der Waals surface area contributed by atoms with Gasteiger partial charge in [0.25, 0.3) is 11.6 Å². The number of nitrogens with zero attached hydrogens (tertiary/aromatic N) is 1. The van der Waals surface area contributed by atoms with Crippen molar-refractivity contribution >= 4 is 34.8 Å². The number of hydrogen-bond acceptors (Lipinski definition) is 3. The van der Waals surface area contributed by atoms with Gasteiger partial charge < -0.3 is 5.32 Å². The molecule has 1 rings (SSSR count). The predicted molar refractivity (Wildman–Crippen MR) is 70.4 cm³/mol. The minimum Gasteiger partial charge on any atom is -0.351 e. The van der Waals surface area contributed by atoms with Crippen molar-refractivity contribution in [2.24, 2.45) is 0 Å². The molecule has 0 fully saturated rings. The Kier molecular flexibility index (Phi) is 5.37. The number of carbonyl (C=O) groups is 1. The lowest BCUT2D eigenvalue weighted by Gasteiger charge is -2.08. The van der Waals surface area contributed by atoms with Crippen LogP contribution in [0.1, 0.15) is 23.7 Å². The zero-order chi connectivity index (χ0) is 13.7. The molecule has 0 saturated heterocycles. The van der Waals surface area contributed by atoms with Gasteiger partial charge in [0, 0.05) is 29.3 Å². The lowest BCUT2D eigenvalue weighted by Crippen LogP contribution is -2.29. The summed E-state index contributed by atoms with van der Waals surface area (Å²) in [6.07, 6.45) is 0.720. The highest BCUT2D eigenvalue weighted by Gasteiger charge is 2.14. The van der Waals surface area contributed by atoms with E-state index in [1.165, 1.54) is 18.2 Å². The van der Waals surface area contributed by atoms with Crippen LogP contribution in [0.3, 0.4) is 0 Å². The van der Waals surface area contributed by atoms with E-state index in [4.69, 9.17) is 23.2 Å². The number of benzene rings is 1. The molecule has 5 nitrogen and oxygen atoms in total. The molecule has 7 heteroatoms. The Labute approximate surface area is 114 Å². The Morgan fingerprint density at radius 1 is 1.50 bits per heavy atom. The molecule has 0 aliphatic heterocycles. The summed E-state index contributed by atoms with van der Waals surface area (Å²) in [5.41, 5.74) is -0.0697. The molecule has 0 aromatic heterocycles. The van der Waals surface area contributed by atoms with Gasteiger partial charge in [-0.1, -0.05) is 18.5 Å². The monoisotopic (exact) mass is 290 g/mol. The first-order chi connectivity index (χ1) is 8.43. The number of halogens is 2. The molecule has 0 radical (unpaired) electrons. The second kappa shape index (κ2) is 6.56. The molecular weight excluding hydrogens is 279 g/mol. The summed E-state index contributed by atoms with van der Waals surface area (Å²) >= 11 is 11.6. The molecule has 1 aromatic rings. The van der Waals surface area contributed by atoms with Crippen molar-refractivity contribution in [1.82, 2.24) is 5.32 Å². The summed E-state index contributed by atoms with van der Waals surface area (Å²) < 4.78 is 0. The average molecular weight is 291 g/mol. The molecule has 18 heavy (non-hydrogen) atoms. The second-order valence-corrected chi connectivity index (χ2v) is 4.72. The SMILES string of the molecule is CCC(Cl)CNC(=O)c1cc(Cl)cc([N+](=O)[O-])c1. The summed E-state index contributed by atoms with van der Waals surface area (Å²) in [4.78, 5) is 21.8. The maximum Gasteiger partial charge on any atom is 0.271 e. The van der Waals surface area contributed by atoms with Crippen molar-refractivity contribution in [3.8, 4) is 0 Å². The van der Waals surface area contributed by atoms with Crippen LogP contribution in [0.25, 0.3) is 0 Å². The maximum absolute atomic E-state index is 11.7. The number of carbonyl (C=O) groups excluding carboxylic acids is 1. The van der Waals surface area contributed by atoms with E-state index < -0.39 is 10.8 Å². The van der Waals surface area contributed by atoms with Crippen LogP contribution in [0.5, 0.6) is 0 Å². The number of non-ortho nitro benzene ring substituents is 1. The molecule has 0 aliphatic rings. The van der Waals surface area contributed by atoms with Crippen LogP contribution in [0.2, 0.25) is 5.02 Å². The van der Waals surface area contributed by atoms with Crippen molar-refractivity contribution < 1.29 is 9.72 Å². The third kappa shape index (κ3) is 4.16. The van der Waals surface area contributed by atoms with E-state index in [2.05, 4.69) is 5.32 Å². The van der Waals surface area contributed by atoms with Crippen molar-refractivity contribution in [2.45, 2.75) is 18.7 Å². The Morgan fingerprint density at radius 3 is 2.72 bits per heavy atom. The number of alkyl halides is 1. The molecule has 1 N–H and O–H groups in total. The fraction of sp³-hybridized carbons (Fsp3) is 0.364. The molecule has 1 unspecified atom stereocenters. The summed E-state index contributed by atoms with van der Waals surface area (Å²) in [6.45, 7) is 2.20. The Balaban J connectivity index is 2.82. The topological polar surface area (TPSA) is 72.2 Å². The molecule has 1 atom stereocenters. The third-order valence-electron chi connectivity index (χ3n) is 2.28. The van der Waals surface area contributed by atoms with E-state index >= 15 is 0 Å². The molecule has 98 valence electrons. The highest BCUT2D eigenvalue weighted by atomic mass is 35.5. The molecule has 0 heterocycles. The zero-order valence-corrected chi connectivity index (χ0v) is 11.2. The number of rotatable bonds is 5. The fourth-order valence-corrected chi connectivity index (χ4v) is 1.57. The number of nitrogens with one attached hydrogen (secondary N) is 1. The first kappa shape index (κ1) is 14.7. The summed E-state index contributed by atoms with van der Waals surface area (Å²) in [5, 5.41) is 13.2. The van der Waals surface area contributed by atoms with Gasteiger partial charge in [-0.05, 0) is 12.5 Å². The Bertz CT molecular complexity index is 466. The van der Waals surface area contributed by atoms with Gasteiger partial charge in [0.05, 0.1) is 10.3 Å².